The van der Waals surface area contributed by atoms with Gasteiger partial charge >= 0.3 is 0 Å². The SMILES string of the molecule is C[C@@H](Oc1nn(-c2ccccc2)cc1Br)C(=O)NCc1cccnc1. The highest BCUT2D eigenvalue weighted by molar-refractivity contribution is 9.10. The van der Waals surface area contributed by atoms with E-state index in [2.05, 4.69) is 31.3 Å². The van der Waals surface area contributed by atoms with Crippen LogP contribution in [0, 0.1) is 0 Å². The number of benzene rings is 1. The molecular formula is C18H17BrN4O2. The van der Waals surface area contributed by atoms with Gasteiger partial charge in [-0.3, -0.25) is 9.78 Å². The molecule has 2 aromatic heterocycles. The minimum absolute atomic E-state index is 0.218. The lowest BCUT2D eigenvalue weighted by Gasteiger charge is -2.13. The van der Waals surface area contributed by atoms with Crippen LogP contribution in [0.25, 0.3) is 5.69 Å². The van der Waals surface area contributed by atoms with Crippen LogP contribution >= 0.6 is 15.9 Å². The summed E-state index contributed by atoms with van der Waals surface area (Å²) in [4.78, 5) is 16.2. The fraction of sp³-hybridized carbons (Fsp3) is 0.167. The predicted octanol–water partition coefficient (Wildman–Crippen LogP) is 3.11. The Bertz CT molecular complexity index is 837. The number of pyridine rings is 1. The third kappa shape index (κ3) is 4.45. The van der Waals surface area contributed by atoms with E-state index in [1.807, 2.05) is 42.5 Å². The number of nitrogens with zero attached hydrogens (tertiary/aromatic N) is 3. The third-order valence-corrected chi connectivity index (χ3v) is 4.05. The highest BCUT2D eigenvalue weighted by atomic mass is 79.9. The van der Waals surface area contributed by atoms with E-state index in [0.717, 1.165) is 11.3 Å². The molecule has 0 aliphatic heterocycles. The van der Waals surface area contributed by atoms with E-state index in [-0.39, 0.29) is 5.91 Å². The highest BCUT2D eigenvalue weighted by Crippen LogP contribution is 2.25. The number of amides is 1. The van der Waals surface area contributed by atoms with E-state index in [9.17, 15) is 4.79 Å². The summed E-state index contributed by atoms with van der Waals surface area (Å²) >= 11 is 3.42. The van der Waals surface area contributed by atoms with Crippen LogP contribution in [0.1, 0.15) is 12.5 Å². The highest BCUT2D eigenvalue weighted by Gasteiger charge is 2.18. The van der Waals surface area contributed by atoms with E-state index < -0.39 is 6.10 Å². The average molecular weight is 401 g/mol. The molecule has 6 nitrogen and oxygen atoms in total. The molecule has 0 spiro atoms. The lowest BCUT2D eigenvalue weighted by atomic mass is 10.3. The second-order valence-corrected chi connectivity index (χ2v) is 6.26. The van der Waals surface area contributed by atoms with Gasteiger partial charge in [-0.05, 0) is 46.6 Å². The maximum absolute atomic E-state index is 12.2. The van der Waals surface area contributed by atoms with E-state index in [1.54, 1.807) is 30.2 Å². The van der Waals surface area contributed by atoms with Crippen molar-refractivity contribution in [2.75, 3.05) is 0 Å². The third-order valence-electron chi connectivity index (χ3n) is 3.51. The van der Waals surface area contributed by atoms with Gasteiger partial charge in [0.1, 0.15) is 0 Å². The number of nitrogens with one attached hydrogen (secondary N) is 1. The molecule has 0 radical (unpaired) electrons. The Kier molecular flexibility index (Phi) is 5.45. The maximum atomic E-state index is 12.2. The van der Waals surface area contributed by atoms with Gasteiger partial charge in [-0.25, -0.2) is 4.68 Å². The van der Waals surface area contributed by atoms with Crippen LogP contribution < -0.4 is 10.1 Å². The lowest BCUT2D eigenvalue weighted by molar-refractivity contribution is -0.127. The number of carbonyl (C=O) groups is 1. The molecule has 0 fully saturated rings. The topological polar surface area (TPSA) is 69.0 Å². The molecule has 0 aliphatic carbocycles. The van der Waals surface area contributed by atoms with Crippen LogP contribution in [0.4, 0.5) is 0 Å². The number of aromatic nitrogens is 3. The Balaban J connectivity index is 1.61. The van der Waals surface area contributed by atoms with Gasteiger partial charge in [0.25, 0.3) is 5.91 Å². The lowest BCUT2D eigenvalue weighted by Crippen LogP contribution is -2.36. The summed E-state index contributed by atoms with van der Waals surface area (Å²) in [5, 5.41) is 7.20. The predicted molar refractivity (Wildman–Crippen MR) is 97.4 cm³/mol. The first kappa shape index (κ1) is 17.2. The molecule has 1 atom stereocenters. The van der Waals surface area contributed by atoms with Crippen LogP contribution in [-0.2, 0) is 11.3 Å². The average Bonchev–Trinajstić information content (AvgIpc) is 3.02. The number of halogens is 1. The van der Waals surface area contributed by atoms with Crippen molar-refractivity contribution in [1.82, 2.24) is 20.1 Å². The summed E-state index contributed by atoms with van der Waals surface area (Å²) in [6.45, 7) is 2.09. The smallest absolute Gasteiger partial charge is 0.261 e. The molecule has 3 aromatic rings. The number of rotatable bonds is 6. The molecule has 2 heterocycles. The van der Waals surface area contributed by atoms with Gasteiger partial charge in [-0.15, -0.1) is 5.10 Å². The molecule has 0 unspecified atom stereocenters. The van der Waals surface area contributed by atoms with E-state index >= 15 is 0 Å². The molecule has 3 rings (SSSR count). The van der Waals surface area contributed by atoms with Crippen molar-refractivity contribution in [2.45, 2.75) is 19.6 Å². The van der Waals surface area contributed by atoms with Gasteiger partial charge in [-0.2, -0.15) is 0 Å². The van der Waals surface area contributed by atoms with Crippen molar-refractivity contribution in [2.24, 2.45) is 0 Å². The van der Waals surface area contributed by atoms with Gasteiger partial charge < -0.3 is 10.1 Å². The van der Waals surface area contributed by atoms with Crippen molar-refractivity contribution in [1.29, 1.82) is 0 Å². The first-order valence-corrected chi connectivity index (χ1v) is 8.56. The Morgan fingerprint density at radius 3 is 2.80 bits per heavy atom. The van der Waals surface area contributed by atoms with Crippen LogP contribution in [0.5, 0.6) is 5.88 Å². The molecule has 1 aromatic carbocycles. The van der Waals surface area contributed by atoms with Gasteiger partial charge in [0.05, 0.1) is 10.2 Å². The Hall–Kier alpha value is -2.67. The first-order valence-electron chi connectivity index (χ1n) is 7.77. The normalized spacial score (nSPS) is 11.8. The molecular weight excluding hydrogens is 384 g/mol. The zero-order valence-electron chi connectivity index (χ0n) is 13.6. The summed E-state index contributed by atoms with van der Waals surface area (Å²) < 4.78 is 8.07. The zero-order valence-corrected chi connectivity index (χ0v) is 15.2. The van der Waals surface area contributed by atoms with Crippen molar-refractivity contribution in [3.8, 4) is 11.6 Å². The largest absolute Gasteiger partial charge is 0.463 e. The number of hydrogen-bond donors (Lipinski definition) is 1. The molecule has 25 heavy (non-hydrogen) atoms. The standard InChI is InChI=1S/C18H17BrN4O2/c1-13(17(24)21-11-14-6-5-9-20-10-14)25-18-16(19)12-23(22-18)15-7-3-2-4-8-15/h2-10,12-13H,11H2,1H3,(H,21,24)/t13-/m1/s1. The Labute approximate surface area is 154 Å². The molecule has 7 heteroatoms. The molecule has 1 amide bonds. The molecule has 1 N–H and O–H groups in total. The van der Waals surface area contributed by atoms with E-state index in [0.29, 0.717) is 16.9 Å². The number of carbonyl (C=O) groups excluding carboxylic acids is 1. The summed E-state index contributed by atoms with van der Waals surface area (Å²) in [5.74, 6) is 0.151. The van der Waals surface area contributed by atoms with Crippen molar-refractivity contribution in [3.05, 3.63) is 71.1 Å². The number of hydrogen-bond acceptors (Lipinski definition) is 4. The number of ether oxygens (including phenoxy) is 1. The number of para-hydroxylation sites is 1. The minimum Gasteiger partial charge on any atom is -0.463 e. The summed E-state index contributed by atoms with van der Waals surface area (Å²) in [5.41, 5.74) is 1.84. The molecule has 0 bridgehead atoms. The summed E-state index contributed by atoms with van der Waals surface area (Å²) in [6, 6.07) is 13.4. The van der Waals surface area contributed by atoms with Gasteiger partial charge in [0, 0.05) is 25.1 Å². The molecule has 0 aliphatic rings. The summed E-state index contributed by atoms with van der Waals surface area (Å²) in [7, 11) is 0. The van der Waals surface area contributed by atoms with E-state index in [1.165, 1.54) is 0 Å². The quantitative estimate of drug-likeness (QED) is 0.689. The Morgan fingerprint density at radius 1 is 1.28 bits per heavy atom. The Morgan fingerprint density at radius 2 is 2.08 bits per heavy atom. The molecule has 0 saturated carbocycles. The summed E-state index contributed by atoms with van der Waals surface area (Å²) in [6.07, 6.45) is 4.53. The van der Waals surface area contributed by atoms with Crippen LogP contribution in [0.2, 0.25) is 0 Å². The van der Waals surface area contributed by atoms with Crippen LogP contribution in [0.3, 0.4) is 0 Å². The fourth-order valence-electron chi connectivity index (χ4n) is 2.19. The molecule has 0 saturated heterocycles. The first-order chi connectivity index (χ1) is 12.1. The maximum Gasteiger partial charge on any atom is 0.261 e. The van der Waals surface area contributed by atoms with Gasteiger partial charge in [0.15, 0.2) is 6.10 Å². The van der Waals surface area contributed by atoms with E-state index in [4.69, 9.17) is 4.74 Å². The second-order valence-electron chi connectivity index (χ2n) is 5.40. The van der Waals surface area contributed by atoms with Crippen LogP contribution in [0.15, 0.2) is 65.5 Å². The van der Waals surface area contributed by atoms with Crippen molar-refractivity contribution < 1.29 is 9.53 Å². The van der Waals surface area contributed by atoms with Gasteiger partial charge in [-0.1, -0.05) is 24.3 Å². The van der Waals surface area contributed by atoms with Crippen molar-refractivity contribution >= 4 is 21.8 Å². The second kappa shape index (κ2) is 7.94. The zero-order chi connectivity index (χ0) is 17.6. The fourth-order valence-corrected chi connectivity index (χ4v) is 2.55. The minimum atomic E-state index is -0.674. The van der Waals surface area contributed by atoms with Crippen LogP contribution in [-0.4, -0.2) is 26.8 Å². The van der Waals surface area contributed by atoms with Gasteiger partial charge in [0.2, 0.25) is 5.88 Å². The monoisotopic (exact) mass is 400 g/mol. The van der Waals surface area contributed by atoms with Crippen molar-refractivity contribution in [3.63, 3.8) is 0 Å². The molecule has 128 valence electrons.